The fourth-order valence-corrected chi connectivity index (χ4v) is 3.17. The van der Waals surface area contributed by atoms with Crippen LogP contribution in [0, 0.1) is 6.92 Å². The number of carbonyl (C=O) groups is 3. The van der Waals surface area contributed by atoms with Gasteiger partial charge in [-0.2, -0.15) is 0 Å². The summed E-state index contributed by atoms with van der Waals surface area (Å²) in [7, 11) is 0. The zero-order valence-electron chi connectivity index (χ0n) is 17.0. The fraction of sp³-hybridized carbons (Fsp3) is 0.125. The molecule has 0 unspecified atom stereocenters. The second-order valence-electron chi connectivity index (χ2n) is 6.94. The molecule has 3 amide bonds. The molecule has 0 saturated carbocycles. The smallest absolute Gasteiger partial charge is 0.319 e. The summed E-state index contributed by atoms with van der Waals surface area (Å²) in [6.45, 7) is 1.65. The van der Waals surface area contributed by atoms with Gasteiger partial charge in [0.25, 0.3) is 5.91 Å². The Morgan fingerprint density at radius 3 is 2.32 bits per heavy atom. The monoisotopic (exact) mass is 417 g/mol. The van der Waals surface area contributed by atoms with Gasteiger partial charge in [0.15, 0.2) is 0 Å². The number of anilines is 3. The molecule has 7 nitrogen and oxygen atoms in total. The van der Waals surface area contributed by atoms with Gasteiger partial charge in [-0.25, -0.2) is 4.79 Å². The van der Waals surface area contributed by atoms with Gasteiger partial charge in [-0.05, 0) is 48.4 Å². The third kappa shape index (κ3) is 5.93. The van der Waals surface area contributed by atoms with Crippen molar-refractivity contribution in [1.29, 1.82) is 0 Å². The third-order valence-corrected chi connectivity index (χ3v) is 4.51. The maximum absolute atomic E-state index is 13.1. The lowest BCUT2D eigenvalue weighted by Crippen LogP contribution is -2.40. The number of benzene rings is 3. The van der Waals surface area contributed by atoms with Crippen LogP contribution in [0.25, 0.3) is 0 Å². The highest BCUT2D eigenvalue weighted by Crippen LogP contribution is 2.29. The number of aliphatic carboxylic acids is 1. The predicted octanol–water partition coefficient (Wildman–Crippen LogP) is 4.11. The number of urea groups is 1. The Balaban J connectivity index is 1.80. The molecule has 7 heteroatoms. The molecule has 0 aliphatic carbocycles. The van der Waals surface area contributed by atoms with Crippen LogP contribution >= 0.6 is 0 Å². The lowest BCUT2D eigenvalue weighted by Gasteiger charge is -2.25. The zero-order chi connectivity index (χ0) is 22.2. The van der Waals surface area contributed by atoms with Crippen LogP contribution in [-0.2, 0) is 16.0 Å². The number of aryl methyl sites for hydroxylation is 1. The van der Waals surface area contributed by atoms with Crippen molar-refractivity contribution in [2.75, 3.05) is 16.8 Å². The van der Waals surface area contributed by atoms with Crippen molar-refractivity contribution in [3.8, 4) is 0 Å². The van der Waals surface area contributed by atoms with Gasteiger partial charge >= 0.3 is 12.0 Å². The van der Waals surface area contributed by atoms with Gasteiger partial charge in [0.1, 0.15) is 0 Å². The average molecular weight is 417 g/mol. The normalized spacial score (nSPS) is 10.2. The Hall–Kier alpha value is -4.13. The first-order valence-electron chi connectivity index (χ1n) is 9.73. The van der Waals surface area contributed by atoms with Gasteiger partial charge in [-0.15, -0.1) is 0 Å². The second kappa shape index (κ2) is 10.1. The zero-order valence-corrected chi connectivity index (χ0v) is 17.0. The molecule has 158 valence electrons. The standard InChI is InChI=1S/C24H23N3O4/c1-17-8-7-10-19(14-17)26-24(31)25-16-22(28)27(20-11-3-2-4-12-20)21-13-6-5-9-18(21)15-23(29)30/h2-14H,15-16H2,1H3,(H,29,30)(H2,25,26,31). The van der Waals surface area contributed by atoms with Crippen LogP contribution in [0.3, 0.4) is 0 Å². The molecule has 3 N–H and O–H groups in total. The van der Waals surface area contributed by atoms with E-state index in [0.29, 0.717) is 22.6 Å². The van der Waals surface area contributed by atoms with Crippen molar-refractivity contribution in [1.82, 2.24) is 5.32 Å². The molecular weight excluding hydrogens is 394 g/mol. The maximum atomic E-state index is 13.1. The van der Waals surface area contributed by atoms with E-state index in [1.807, 2.05) is 31.2 Å². The van der Waals surface area contributed by atoms with Gasteiger partial charge in [-0.1, -0.05) is 48.5 Å². The lowest BCUT2D eigenvalue weighted by atomic mass is 10.1. The number of carboxylic acids is 1. The minimum Gasteiger partial charge on any atom is -0.481 e. The highest BCUT2D eigenvalue weighted by molar-refractivity contribution is 6.04. The molecule has 0 atom stereocenters. The minimum atomic E-state index is -0.997. The molecule has 0 aromatic heterocycles. The fourth-order valence-electron chi connectivity index (χ4n) is 3.17. The number of carboxylic acid groups (broad SMARTS) is 1. The number of hydrogen-bond acceptors (Lipinski definition) is 3. The summed E-state index contributed by atoms with van der Waals surface area (Å²) < 4.78 is 0. The van der Waals surface area contributed by atoms with Crippen LogP contribution in [0.4, 0.5) is 21.9 Å². The molecular formula is C24H23N3O4. The van der Waals surface area contributed by atoms with E-state index in [4.69, 9.17) is 0 Å². The van der Waals surface area contributed by atoms with Crippen molar-refractivity contribution in [3.05, 3.63) is 90.0 Å². The van der Waals surface area contributed by atoms with Crippen molar-refractivity contribution in [2.45, 2.75) is 13.3 Å². The molecule has 0 saturated heterocycles. The van der Waals surface area contributed by atoms with Crippen LogP contribution in [0.2, 0.25) is 0 Å². The van der Waals surface area contributed by atoms with E-state index in [9.17, 15) is 19.5 Å². The van der Waals surface area contributed by atoms with Crippen LogP contribution in [0.5, 0.6) is 0 Å². The minimum absolute atomic E-state index is 0.228. The highest BCUT2D eigenvalue weighted by atomic mass is 16.4. The Labute approximate surface area is 180 Å². The molecule has 0 aliphatic heterocycles. The molecule has 31 heavy (non-hydrogen) atoms. The van der Waals surface area contributed by atoms with Crippen molar-refractivity contribution >= 4 is 35.0 Å². The molecule has 0 heterocycles. The summed E-state index contributed by atoms with van der Waals surface area (Å²) in [6.07, 6.45) is -0.228. The van der Waals surface area contributed by atoms with Crippen LogP contribution in [-0.4, -0.2) is 29.6 Å². The summed E-state index contributed by atoms with van der Waals surface area (Å²) in [5.41, 5.74) is 3.15. The highest BCUT2D eigenvalue weighted by Gasteiger charge is 2.22. The Bertz CT molecular complexity index is 1080. The van der Waals surface area contributed by atoms with E-state index in [-0.39, 0.29) is 13.0 Å². The summed E-state index contributed by atoms with van der Waals surface area (Å²) >= 11 is 0. The summed E-state index contributed by atoms with van der Waals surface area (Å²) in [5.74, 6) is -1.40. The first-order chi connectivity index (χ1) is 14.9. The van der Waals surface area contributed by atoms with Gasteiger partial charge < -0.3 is 15.7 Å². The molecule has 3 rings (SSSR count). The maximum Gasteiger partial charge on any atom is 0.319 e. The molecule has 3 aromatic carbocycles. The largest absolute Gasteiger partial charge is 0.481 e. The van der Waals surface area contributed by atoms with Crippen molar-refractivity contribution in [2.24, 2.45) is 0 Å². The average Bonchev–Trinajstić information content (AvgIpc) is 2.74. The number of para-hydroxylation sites is 2. The Morgan fingerprint density at radius 1 is 0.903 bits per heavy atom. The predicted molar refractivity (Wildman–Crippen MR) is 120 cm³/mol. The molecule has 0 spiro atoms. The number of rotatable bonds is 7. The van der Waals surface area contributed by atoms with Crippen LogP contribution in [0.1, 0.15) is 11.1 Å². The second-order valence-corrected chi connectivity index (χ2v) is 6.94. The Morgan fingerprint density at radius 2 is 1.61 bits per heavy atom. The van der Waals surface area contributed by atoms with E-state index >= 15 is 0 Å². The van der Waals surface area contributed by atoms with E-state index in [0.717, 1.165) is 5.56 Å². The van der Waals surface area contributed by atoms with E-state index in [1.165, 1.54) is 4.90 Å². The third-order valence-electron chi connectivity index (χ3n) is 4.51. The van der Waals surface area contributed by atoms with E-state index < -0.39 is 17.9 Å². The topological polar surface area (TPSA) is 98.7 Å². The molecule has 0 bridgehead atoms. The van der Waals surface area contributed by atoms with Gasteiger partial charge in [0.2, 0.25) is 0 Å². The molecule has 0 radical (unpaired) electrons. The van der Waals surface area contributed by atoms with E-state index in [2.05, 4.69) is 10.6 Å². The Kier molecular flexibility index (Phi) is 7.01. The SMILES string of the molecule is Cc1cccc(NC(=O)NCC(=O)N(c2ccccc2)c2ccccc2CC(=O)O)c1. The van der Waals surface area contributed by atoms with Gasteiger partial charge in [0.05, 0.1) is 18.7 Å². The van der Waals surface area contributed by atoms with Crippen LogP contribution < -0.4 is 15.5 Å². The van der Waals surface area contributed by atoms with E-state index in [1.54, 1.807) is 54.6 Å². The quantitative estimate of drug-likeness (QED) is 0.539. The number of hydrogen-bond donors (Lipinski definition) is 3. The summed E-state index contributed by atoms with van der Waals surface area (Å²) in [5, 5.41) is 14.5. The van der Waals surface area contributed by atoms with Crippen molar-refractivity contribution in [3.63, 3.8) is 0 Å². The van der Waals surface area contributed by atoms with Crippen molar-refractivity contribution < 1.29 is 19.5 Å². The summed E-state index contributed by atoms with van der Waals surface area (Å²) in [6, 6.07) is 22.5. The molecule has 3 aromatic rings. The number of nitrogens with one attached hydrogen (secondary N) is 2. The van der Waals surface area contributed by atoms with Crippen LogP contribution in [0.15, 0.2) is 78.9 Å². The summed E-state index contributed by atoms with van der Waals surface area (Å²) in [4.78, 5) is 38.1. The number of nitrogens with zero attached hydrogens (tertiary/aromatic N) is 1. The molecule has 0 fully saturated rings. The number of amides is 3. The first-order valence-corrected chi connectivity index (χ1v) is 9.73. The first kappa shape index (κ1) is 21.6. The molecule has 0 aliphatic rings. The number of carbonyl (C=O) groups excluding carboxylic acids is 2. The van der Waals surface area contributed by atoms with Gasteiger partial charge in [-0.3, -0.25) is 14.5 Å². The van der Waals surface area contributed by atoms with Gasteiger partial charge in [0, 0.05) is 11.4 Å². The lowest BCUT2D eigenvalue weighted by molar-refractivity contribution is -0.136.